The van der Waals surface area contributed by atoms with E-state index in [2.05, 4.69) is 28.5 Å². The second kappa shape index (κ2) is 10.6. The molecule has 0 radical (unpaired) electrons. The van der Waals surface area contributed by atoms with E-state index in [1.165, 1.54) is 38.6 Å². The van der Waals surface area contributed by atoms with E-state index in [0.717, 1.165) is 42.6 Å². The molecule has 0 bridgehead atoms. The molecular formula is C23H37N5O. The number of hydrogen-bond donors (Lipinski definition) is 2. The van der Waals surface area contributed by atoms with Crippen molar-refractivity contribution in [3.05, 3.63) is 35.4 Å². The van der Waals surface area contributed by atoms with Gasteiger partial charge in [-0.3, -0.25) is 14.7 Å². The van der Waals surface area contributed by atoms with Crippen molar-refractivity contribution < 1.29 is 4.79 Å². The Kier molecular flexibility index (Phi) is 7.92. The number of hydrogen-bond acceptors (Lipinski definition) is 3. The van der Waals surface area contributed by atoms with Crippen LogP contribution in [0.5, 0.6) is 0 Å². The zero-order chi connectivity index (χ0) is 20.6. The van der Waals surface area contributed by atoms with Crippen LogP contribution < -0.4 is 10.6 Å². The van der Waals surface area contributed by atoms with Crippen LogP contribution in [0.25, 0.3) is 0 Å². The average molecular weight is 400 g/mol. The van der Waals surface area contributed by atoms with Crippen molar-refractivity contribution in [3.8, 4) is 0 Å². The Morgan fingerprint density at radius 1 is 1.24 bits per heavy atom. The van der Waals surface area contributed by atoms with E-state index >= 15 is 0 Å². The Morgan fingerprint density at radius 3 is 2.76 bits per heavy atom. The molecular weight excluding hydrogens is 362 g/mol. The summed E-state index contributed by atoms with van der Waals surface area (Å²) in [6.07, 6.45) is 7.54. The third-order valence-corrected chi connectivity index (χ3v) is 6.00. The molecule has 160 valence electrons. The van der Waals surface area contributed by atoms with Crippen LogP contribution in [0.1, 0.15) is 54.9 Å². The molecule has 1 aliphatic heterocycles. The monoisotopic (exact) mass is 399 g/mol. The third kappa shape index (κ3) is 6.20. The van der Waals surface area contributed by atoms with Crippen LogP contribution in [0, 0.1) is 0 Å². The van der Waals surface area contributed by atoms with Gasteiger partial charge >= 0.3 is 0 Å². The highest BCUT2D eigenvalue weighted by atomic mass is 16.2. The van der Waals surface area contributed by atoms with Crippen LogP contribution in [0.4, 0.5) is 0 Å². The zero-order valence-corrected chi connectivity index (χ0v) is 18.3. The lowest BCUT2D eigenvalue weighted by Gasteiger charge is -2.24. The first-order valence-corrected chi connectivity index (χ1v) is 11.2. The van der Waals surface area contributed by atoms with E-state index in [4.69, 9.17) is 4.99 Å². The van der Waals surface area contributed by atoms with Crippen LogP contribution in [0.2, 0.25) is 0 Å². The van der Waals surface area contributed by atoms with E-state index < -0.39 is 0 Å². The average Bonchev–Trinajstić information content (AvgIpc) is 3.39. The predicted octanol–water partition coefficient (Wildman–Crippen LogP) is 2.50. The number of nitrogens with zero attached hydrogens (tertiary/aromatic N) is 3. The fraction of sp³-hybridized carbons (Fsp3) is 0.652. The number of rotatable bonds is 7. The van der Waals surface area contributed by atoms with Gasteiger partial charge in [0.2, 0.25) is 0 Å². The van der Waals surface area contributed by atoms with Gasteiger partial charge in [-0.05, 0) is 50.3 Å². The molecule has 1 saturated carbocycles. The minimum atomic E-state index is 0.0402. The fourth-order valence-corrected chi connectivity index (χ4v) is 4.43. The molecule has 0 aromatic heterocycles. The number of amides is 1. The Bertz CT molecular complexity index is 696. The van der Waals surface area contributed by atoms with Gasteiger partial charge in [0.1, 0.15) is 0 Å². The first-order valence-electron chi connectivity index (χ1n) is 11.2. The summed E-state index contributed by atoms with van der Waals surface area (Å²) in [5, 5.41) is 7.02. The number of nitrogens with one attached hydrogen (secondary N) is 2. The molecule has 0 spiro atoms. The van der Waals surface area contributed by atoms with Crippen LogP contribution in [-0.2, 0) is 6.42 Å². The molecule has 1 amide bonds. The van der Waals surface area contributed by atoms with Gasteiger partial charge in [-0.2, -0.15) is 0 Å². The van der Waals surface area contributed by atoms with Crippen LogP contribution in [0.15, 0.2) is 29.3 Å². The molecule has 1 aliphatic carbocycles. The first-order chi connectivity index (χ1) is 14.1. The highest BCUT2D eigenvalue weighted by molar-refractivity contribution is 5.94. The molecule has 2 fully saturated rings. The summed E-state index contributed by atoms with van der Waals surface area (Å²) in [5.41, 5.74) is 1.88. The summed E-state index contributed by atoms with van der Waals surface area (Å²) in [6, 6.07) is 9.16. The number of aliphatic imine (C=N–C) groups is 1. The van der Waals surface area contributed by atoms with E-state index in [1.54, 1.807) is 19.0 Å². The van der Waals surface area contributed by atoms with Gasteiger partial charge < -0.3 is 15.5 Å². The minimum Gasteiger partial charge on any atom is -0.357 e. The molecule has 6 nitrogen and oxygen atoms in total. The third-order valence-electron chi connectivity index (χ3n) is 6.00. The molecule has 6 heteroatoms. The summed E-state index contributed by atoms with van der Waals surface area (Å²) in [6.45, 7) is 6.00. The van der Waals surface area contributed by atoms with Crippen LogP contribution in [0.3, 0.4) is 0 Å². The Balaban J connectivity index is 1.52. The summed E-state index contributed by atoms with van der Waals surface area (Å²) in [7, 11) is 3.56. The molecule has 1 atom stereocenters. The van der Waals surface area contributed by atoms with Crippen molar-refractivity contribution in [2.75, 3.05) is 40.3 Å². The van der Waals surface area contributed by atoms with Crippen molar-refractivity contribution in [1.82, 2.24) is 20.4 Å². The van der Waals surface area contributed by atoms with E-state index in [0.29, 0.717) is 12.6 Å². The van der Waals surface area contributed by atoms with Crippen LogP contribution in [-0.4, -0.2) is 74.0 Å². The van der Waals surface area contributed by atoms with Gasteiger partial charge in [0.05, 0.1) is 0 Å². The SMILES string of the molecule is CCNC(=NCCc1cccc(C(=O)N(C)C)c1)NC1CCN(C2CCCC2)C1. The molecule has 29 heavy (non-hydrogen) atoms. The number of carbonyl (C=O) groups excluding carboxylic acids is 1. The van der Waals surface area contributed by atoms with Gasteiger partial charge in [0, 0.05) is 57.9 Å². The van der Waals surface area contributed by atoms with E-state index in [9.17, 15) is 4.79 Å². The molecule has 1 aromatic rings. The maximum absolute atomic E-state index is 12.2. The van der Waals surface area contributed by atoms with Crippen molar-refractivity contribution in [2.45, 2.75) is 57.5 Å². The van der Waals surface area contributed by atoms with Crippen molar-refractivity contribution in [3.63, 3.8) is 0 Å². The Labute approximate surface area is 175 Å². The molecule has 2 aliphatic rings. The smallest absolute Gasteiger partial charge is 0.253 e. The van der Waals surface area contributed by atoms with Crippen LogP contribution >= 0.6 is 0 Å². The largest absolute Gasteiger partial charge is 0.357 e. The number of carbonyl (C=O) groups is 1. The molecule has 1 saturated heterocycles. The van der Waals surface area contributed by atoms with Gasteiger partial charge in [0.25, 0.3) is 5.91 Å². The molecule has 2 N–H and O–H groups in total. The zero-order valence-electron chi connectivity index (χ0n) is 18.3. The standard InChI is InChI=1S/C23H37N5O/c1-4-24-23(26-20-13-15-28(17-20)21-10-5-6-11-21)25-14-12-18-8-7-9-19(16-18)22(29)27(2)3/h7-9,16,20-21H,4-6,10-15,17H2,1-3H3,(H2,24,25,26). The van der Waals surface area contributed by atoms with Gasteiger partial charge in [-0.15, -0.1) is 0 Å². The van der Waals surface area contributed by atoms with E-state index in [-0.39, 0.29) is 5.91 Å². The lowest BCUT2D eigenvalue weighted by molar-refractivity contribution is 0.0827. The fourth-order valence-electron chi connectivity index (χ4n) is 4.43. The molecule has 3 rings (SSSR count). The van der Waals surface area contributed by atoms with Crippen molar-refractivity contribution >= 4 is 11.9 Å². The van der Waals surface area contributed by atoms with Gasteiger partial charge in [-0.1, -0.05) is 25.0 Å². The topological polar surface area (TPSA) is 60.0 Å². The lowest BCUT2D eigenvalue weighted by Crippen LogP contribution is -2.45. The first kappa shape index (κ1) is 21.6. The number of benzene rings is 1. The normalized spacial score (nSPS) is 20.8. The quantitative estimate of drug-likeness (QED) is 0.546. The van der Waals surface area contributed by atoms with Crippen molar-refractivity contribution in [2.24, 2.45) is 4.99 Å². The Hall–Kier alpha value is -2.08. The molecule has 1 unspecified atom stereocenters. The summed E-state index contributed by atoms with van der Waals surface area (Å²) in [4.78, 5) is 21.2. The highest BCUT2D eigenvalue weighted by Gasteiger charge is 2.30. The highest BCUT2D eigenvalue weighted by Crippen LogP contribution is 2.26. The maximum Gasteiger partial charge on any atom is 0.253 e. The van der Waals surface area contributed by atoms with E-state index in [1.807, 2.05) is 18.2 Å². The summed E-state index contributed by atoms with van der Waals surface area (Å²) >= 11 is 0. The maximum atomic E-state index is 12.2. The predicted molar refractivity (Wildman–Crippen MR) is 120 cm³/mol. The van der Waals surface area contributed by atoms with Crippen molar-refractivity contribution in [1.29, 1.82) is 0 Å². The van der Waals surface area contributed by atoms with Gasteiger partial charge in [0.15, 0.2) is 5.96 Å². The summed E-state index contributed by atoms with van der Waals surface area (Å²) in [5.74, 6) is 0.949. The van der Waals surface area contributed by atoms with Gasteiger partial charge in [-0.25, -0.2) is 0 Å². The second-order valence-electron chi connectivity index (χ2n) is 8.47. The molecule has 1 aromatic carbocycles. The lowest BCUT2D eigenvalue weighted by atomic mass is 10.1. The molecule has 1 heterocycles. The Morgan fingerprint density at radius 2 is 2.03 bits per heavy atom. The summed E-state index contributed by atoms with van der Waals surface area (Å²) < 4.78 is 0. The number of likely N-dealkylation sites (tertiary alicyclic amines) is 1. The number of guanidine groups is 1. The second-order valence-corrected chi connectivity index (χ2v) is 8.47. The minimum absolute atomic E-state index is 0.0402.